The standard InChI is InChI=1S/C12H24O5/c1-3-4-5-6-7-16-12-11(15)10(14)9(13)8(2)17-12/h8-15H,3-7H2,1-2H3/t8?,9-,10?,11-,12+/m1/s1. The average Bonchev–Trinajstić information content (AvgIpc) is 2.32. The van der Waals surface area contributed by atoms with Gasteiger partial charge in [0.2, 0.25) is 0 Å². The van der Waals surface area contributed by atoms with Crippen molar-refractivity contribution >= 4 is 0 Å². The number of aliphatic hydroxyl groups excluding tert-OH is 3. The molecular weight excluding hydrogens is 224 g/mol. The lowest BCUT2D eigenvalue weighted by molar-refractivity contribution is -0.293. The van der Waals surface area contributed by atoms with E-state index in [0.717, 1.165) is 25.7 Å². The van der Waals surface area contributed by atoms with Gasteiger partial charge in [-0.2, -0.15) is 0 Å². The predicted octanol–water partition coefficient (Wildman–Crippen LogP) is 0.411. The van der Waals surface area contributed by atoms with Gasteiger partial charge in [0.05, 0.1) is 6.10 Å². The van der Waals surface area contributed by atoms with Crippen LogP contribution in [0.4, 0.5) is 0 Å². The van der Waals surface area contributed by atoms with Gasteiger partial charge < -0.3 is 24.8 Å². The molecule has 2 unspecified atom stereocenters. The summed E-state index contributed by atoms with van der Waals surface area (Å²) in [6.45, 7) is 4.28. The van der Waals surface area contributed by atoms with Gasteiger partial charge in [-0.3, -0.25) is 0 Å². The molecule has 0 aromatic rings. The van der Waals surface area contributed by atoms with Gasteiger partial charge in [0.1, 0.15) is 18.3 Å². The van der Waals surface area contributed by atoms with E-state index in [2.05, 4.69) is 6.92 Å². The van der Waals surface area contributed by atoms with Crippen LogP contribution in [-0.2, 0) is 9.47 Å². The minimum atomic E-state index is -1.21. The second-order valence-corrected chi connectivity index (χ2v) is 4.61. The van der Waals surface area contributed by atoms with E-state index < -0.39 is 30.7 Å². The fourth-order valence-electron chi connectivity index (χ4n) is 1.88. The van der Waals surface area contributed by atoms with Crippen LogP contribution in [-0.4, -0.2) is 52.6 Å². The molecule has 0 aromatic carbocycles. The Morgan fingerprint density at radius 3 is 2.35 bits per heavy atom. The molecule has 0 saturated carbocycles. The van der Waals surface area contributed by atoms with Gasteiger partial charge in [-0.25, -0.2) is 0 Å². The maximum Gasteiger partial charge on any atom is 0.186 e. The Morgan fingerprint density at radius 1 is 1.00 bits per heavy atom. The summed E-state index contributed by atoms with van der Waals surface area (Å²) in [5.41, 5.74) is 0. The van der Waals surface area contributed by atoms with Crippen LogP contribution in [0.2, 0.25) is 0 Å². The van der Waals surface area contributed by atoms with Gasteiger partial charge in [-0.05, 0) is 13.3 Å². The van der Waals surface area contributed by atoms with E-state index in [0.29, 0.717) is 6.61 Å². The zero-order valence-electron chi connectivity index (χ0n) is 10.6. The van der Waals surface area contributed by atoms with Crippen LogP contribution in [0, 0.1) is 0 Å². The quantitative estimate of drug-likeness (QED) is 0.593. The largest absolute Gasteiger partial charge is 0.388 e. The summed E-state index contributed by atoms with van der Waals surface area (Å²) in [6.07, 6.45) is -0.525. The second-order valence-electron chi connectivity index (χ2n) is 4.61. The lowest BCUT2D eigenvalue weighted by Crippen LogP contribution is -2.57. The lowest BCUT2D eigenvalue weighted by atomic mass is 10.0. The zero-order valence-corrected chi connectivity index (χ0v) is 10.6. The molecule has 0 spiro atoms. The Labute approximate surface area is 102 Å². The molecule has 102 valence electrons. The van der Waals surface area contributed by atoms with Crippen molar-refractivity contribution in [3.63, 3.8) is 0 Å². The van der Waals surface area contributed by atoms with Crippen LogP contribution < -0.4 is 0 Å². The minimum Gasteiger partial charge on any atom is -0.388 e. The van der Waals surface area contributed by atoms with E-state index in [4.69, 9.17) is 9.47 Å². The third-order valence-corrected chi connectivity index (χ3v) is 3.09. The molecule has 17 heavy (non-hydrogen) atoms. The number of aliphatic hydroxyl groups is 3. The molecule has 1 aliphatic heterocycles. The summed E-state index contributed by atoms with van der Waals surface area (Å²) in [5.74, 6) is 0. The summed E-state index contributed by atoms with van der Waals surface area (Å²) in [5, 5.41) is 28.7. The molecule has 0 amide bonds. The van der Waals surface area contributed by atoms with Crippen LogP contribution >= 0.6 is 0 Å². The van der Waals surface area contributed by atoms with E-state index in [1.165, 1.54) is 0 Å². The third kappa shape index (κ3) is 4.19. The maximum absolute atomic E-state index is 9.67. The van der Waals surface area contributed by atoms with Crippen LogP contribution in [0.25, 0.3) is 0 Å². The first kappa shape index (κ1) is 14.9. The minimum absolute atomic E-state index is 0.497. The molecule has 0 bridgehead atoms. The number of unbranched alkanes of at least 4 members (excludes halogenated alkanes) is 3. The van der Waals surface area contributed by atoms with Crippen molar-refractivity contribution in [2.45, 2.75) is 70.2 Å². The van der Waals surface area contributed by atoms with Crippen molar-refractivity contribution in [1.82, 2.24) is 0 Å². The van der Waals surface area contributed by atoms with Crippen LogP contribution in [0.5, 0.6) is 0 Å². The Bertz CT molecular complexity index is 211. The summed E-state index contributed by atoms with van der Waals surface area (Å²) < 4.78 is 10.7. The van der Waals surface area contributed by atoms with Crippen molar-refractivity contribution in [3.05, 3.63) is 0 Å². The van der Waals surface area contributed by atoms with E-state index in [1.54, 1.807) is 6.92 Å². The van der Waals surface area contributed by atoms with E-state index >= 15 is 0 Å². The molecule has 3 N–H and O–H groups in total. The smallest absolute Gasteiger partial charge is 0.186 e. The molecule has 5 atom stereocenters. The highest BCUT2D eigenvalue weighted by atomic mass is 16.7. The fourth-order valence-corrected chi connectivity index (χ4v) is 1.88. The molecule has 1 heterocycles. The first-order valence-corrected chi connectivity index (χ1v) is 6.39. The molecule has 1 rings (SSSR count). The maximum atomic E-state index is 9.67. The highest BCUT2D eigenvalue weighted by Gasteiger charge is 2.42. The summed E-state index contributed by atoms with van der Waals surface area (Å²) in [4.78, 5) is 0. The number of ether oxygens (including phenoxy) is 2. The predicted molar refractivity (Wildman–Crippen MR) is 62.4 cm³/mol. The fraction of sp³-hybridized carbons (Fsp3) is 1.00. The second kappa shape index (κ2) is 7.28. The molecule has 0 aromatic heterocycles. The van der Waals surface area contributed by atoms with Crippen molar-refractivity contribution in [2.24, 2.45) is 0 Å². The number of hydrogen-bond donors (Lipinski definition) is 3. The van der Waals surface area contributed by atoms with Gasteiger partial charge in [-0.1, -0.05) is 26.2 Å². The Balaban J connectivity index is 2.28. The first-order valence-electron chi connectivity index (χ1n) is 6.39. The normalized spacial score (nSPS) is 38.3. The Hall–Kier alpha value is -0.200. The van der Waals surface area contributed by atoms with Gasteiger partial charge in [-0.15, -0.1) is 0 Å². The van der Waals surface area contributed by atoms with Gasteiger partial charge in [0.25, 0.3) is 0 Å². The Kier molecular flexibility index (Phi) is 6.37. The van der Waals surface area contributed by atoms with Gasteiger partial charge >= 0.3 is 0 Å². The molecule has 1 fully saturated rings. The molecule has 0 radical (unpaired) electrons. The number of rotatable bonds is 6. The van der Waals surface area contributed by atoms with Crippen LogP contribution in [0.1, 0.15) is 39.5 Å². The van der Waals surface area contributed by atoms with E-state index in [9.17, 15) is 15.3 Å². The summed E-state index contributed by atoms with van der Waals surface area (Å²) in [6, 6.07) is 0. The number of hydrogen-bond acceptors (Lipinski definition) is 5. The monoisotopic (exact) mass is 248 g/mol. The van der Waals surface area contributed by atoms with Crippen molar-refractivity contribution in [2.75, 3.05) is 6.61 Å². The first-order chi connectivity index (χ1) is 8.07. The zero-order chi connectivity index (χ0) is 12.8. The molecule has 0 aliphatic carbocycles. The molecular formula is C12H24O5. The SMILES string of the molecule is CCCCCCO[C@H]1OC(C)[C@@H](O)C(O)[C@H]1O. The highest BCUT2D eigenvalue weighted by Crippen LogP contribution is 2.21. The molecule has 1 saturated heterocycles. The lowest BCUT2D eigenvalue weighted by Gasteiger charge is -2.38. The highest BCUT2D eigenvalue weighted by molar-refractivity contribution is 4.87. The van der Waals surface area contributed by atoms with Gasteiger partial charge in [0.15, 0.2) is 6.29 Å². The van der Waals surface area contributed by atoms with Gasteiger partial charge in [0, 0.05) is 6.61 Å². The summed E-state index contributed by atoms with van der Waals surface area (Å²) in [7, 11) is 0. The summed E-state index contributed by atoms with van der Waals surface area (Å²) >= 11 is 0. The topological polar surface area (TPSA) is 79.2 Å². The third-order valence-electron chi connectivity index (χ3n) is 3.09. The molecule has 5 nitrogen and oxygen atoms in total. The van der Waals surface area contributed by atoms with Crippen molar-refractivity contribution in [3.8, 4) is 0 Å². The average molecular weight is 248 g/mol. The van der Waals surface area contributed by atoms with E-state index in [-0.39, 0.29) is 0 Å². The van der Waals surface area contributed by atoms with Crippen LogP contribution in [0.3, 0.4) is 0 Å². The van der Waals surface area contributed by atoms with Crippen LogP contribution in [0.15, 0.2) is 0 Å². The molecule has 5 heteroatoms. The van der Waals surface area contributed by atoms with E-state index in [1.807, 2.05) is 0 Å². The van der Waals surface area contributed by atoms with Crippen molar-refractivity contribution in [1.29, 1.82) is 0 Å². The van der Waals surface area contributed by atoms with Crippen molar-refractivity contribution < 1.29 is 24.8 Å². The molecule has 1 aliphatic rings. The Morgan fingerprint density at radius 2 is 1.71 bits per heavy atom.